The van der Waals surface area contributed by atoms with Gasteiger partial charge in [-0.2, -0.15) is 0 Å². The number of carboxylic acids is 1. The third-order valence-corrected chi connectivity index (χ3v) is 3.24. The Morgan fingerprint density at radius 1 is 1.32 bits per heavy atom. The lowest BCUT2D eigenvalue weighted by Gasteiger charge is -1.96. The summed E-state index contributed by atoms with van der Waals surface area (Å²) in [6.45, 7) is 0. The highest BCUT2D eigenvalue weighted by Gasteiger charge is 2.08. The smallest absolute Gasteiger partial charge is 0.303 e. The third kappa shape index (κ3) is 4.30. The highest BCUT2D eigenvalue weighted by atomic mass is 127. The molecule has 0 amide bonds. The fraction of sp³-hybridized carbons (Fsp3) is 0.308. The van der Waals surface area contributed by atoms with E-state index < -0.39 is 5.97 Å². The number of aryl methyl sites for hydroxylation is 1. The highest BCUT2D eigenvalue weighted by Crippen LogP contribution is 2.20. The number of carboxylic acid groups (broad SMARTS) is 1. The Morgan fingerprint density at radius 3 is 2.89 bits per heavy atom. The van der Waals surface area contributed by atoms with Crippen LogP contribution in [0.2, 0.25) is 0 Å². The lowest BCUT2D eigenvalue weighted by molar-refractivity contribution is -0.137. The molecule has 0 fully saturated rings. The molecule has 5 nitrogen and oxygen atoms in total. The first-order valence-electron chi connectivity index (χ1n) is 5.95. The van der Waals surface area contributed by atoms with Crippen LogP contribution in [-0.2, 0) is 11.2 Å². The molecule has 1 aromatic carbocycles. The van der Waals surface area contributed by atoms with Crippen molar-refractivity contribution >= 4 is 28.6 Å². The summed E-state index contributed by atoms with van der Waals surface area (Å²) in [6.07, 6.45) is 2.15. The van der Waals surface area contributed by atoms with Crippen LogP contribution >= 0.6 is 22.6 Å². The van der Waals surface area contributed by atoms with E-state index in [9.17, 15) is 4.79 Å². The fourth-order valence-corrected chi connectivity index (χ4v) is 2.19. The van der Waals surface area contributed by atoms with Crippen LogP contribution in [0.3, 0.4) is 0 Å². The summed E-state index contributed by atoms with van der Waals surface area (Å²) < 4.78 is 6.67. The zero-order chi connectivity index (χ0) is 13.7. The molecule has 2 aromatic rings. The number of hydrogen-bond acceptors (Lipinski definition) is 4. The summed E-state index contributed by atoms with van der Waals surface area (Å²) >= 11 is 2.23. The molecule has 0 unspecified atom stereocenters. The maximum atomic E-state index is 10.4. The summed E-state index contributed by atoms with van der Waals surface area (Å²) in [7, 11) is 0. The van der Waals surface area contributed by atoms with Crippen LogP contribution in [-0.4, -0.2) is 21.3 Å². The lowest BCUT2D eigenvalue weighted by Crippen LogP contribution is -1.95. The molecule has 0 atom stereocenters. The van der Waals surface area contributed by atoms with Gasteiger partial charge < -0.3 is 9.52 Å². The van der Waals surface area contributed by atoms with E-state index in [0.717, 1.165) is 15.6 Å². The van der Waals surface area contributed by atoms with Crippen molar-refractivity contribution in [3.05, 3.63) is 33.7 Å². The molecule has 0 radical (unpaired) electrons. The second kappa shape index (κ2) is 6.65. The number of benzene rings is 1. The monoisotopic (exact) mass is 372 g/mol. The zero-order valence-corrected chi connectivity index (χ0v) is 12.3. The SMILES string of the molecule is O=C(O)CCCCc1nnc(-c2cccc(I)c2)o1. The van der Waals surface area contributed by atoms with E-state index in [-0.39, 0.29) is 6.42 Å². The van der Waals surface area contributed by atoms with Gasteiger partial charge >= 0.3 is 5.97 Å². The van der Waals surface area contributed by atoms with Crippen molar-refractivity contribution in [3.63, 3.8) is 0 Å². The first-order valence-corrected chi connectivity index (χ1v) is 7.03. The van der Waals surface area contributed by atoms with Crippen LogP contribution in [0.15, 0.2) is 28.7 Å². The van der Waals surface area contributed by atoms with Gasteiger partial charge in [0.25, 0.3) is 0 Å². The van der Waals surface area contributed by atoms with Crippen molar-refractivity contribution < 1.29 is 14.3 Å². The van der Waals surface area contributed by atoms with Gasteiger partial charge in [0.15, 0.2) is 0 Å². The minimum atomic E-state index is -0.773. The third-order valence-electron chi connectivity index (χ3n) is 2.57. The Labute approximate surface area is 124 Å². The first-order chi connectivity index (χ1) is 9.15. The standard InChI is InChI=1S/C13H13IN2O3/c14-10-5-3-4-9(8-10)13-16-15-11(19-13)6-1-2-7-12(17)18/h3-5,8H,1-2,6-7H2,(H,17,18). The van der Waals surface area contributed by atoms with E-state index in [4.69, 9.17) is 9.52 Å². The molecule has 0 saturated heterocycles. The topological polar surface area (TPSA) is 76.2 Å². The molecule has 2 rings (SSSR count). The van der Waals surface area contributed by atoms with Gasteiger partial charge in [-0.15, -0.1) is 10.2 Å². The van der Waals surface area contributed by atoms with Gasteiger partial charge in [0.05, 0.1) is 0 Å². The Balaban J connectivity index is 1.94. The van der Waals surface area contributed by atoms with Gasteiger partial charge in [-0.3, -0.25) is 4.79 Å². The van der Waals surface area contributed by atoms with Crippen LogP contribution in [0.5, 0.6) is 0 Å². The minimum Gasteiger partial charge on any atom is -0.481 e. The molecular weight excluding hydrogens is 359 g/mol. The largest absolute Gasteiger partial charge is 0.481 e. The number of hydrogen-bond donors (Lipinski definition) is 1. The second-order valence-corrected chi connectivity index (χ2v) is 5.36. The predicted molar refractivity (Wildman–Crippen MR) is 77.6 cm³/mol. The van der Waals surface area contributed by atoms with E-state index in [1.165, 1.54) is 0 Å². The quantitative estimate of drug-likeness (QED) is 0.623. The summed E-state index contributed by atoms with van der Waals surface area (Å²) in [5, 5.41) is 16.5. The van der Waals surface area contributed by atoms with E-state index in [2.05, 4.69) is 32.8 Å². The normalized spacial score (nSPS) is 10.6. The number of nitrogens with zero attached hydrogens (tertiary/aromatic N) is 2. The second-order valence-electron chi connectivity index (χ2n) is 4.11. The molecular formula is C13H13IN2O3. The molecule has 0 aliphatic rings. The van der Waals surface area contributed by atoms with Gasteiger partial charge in [0, 0.05) is 22.0 Å². The molecule has 1 N–H and O–H groups in total. The molecule has 0 aliphatic heterocycles. The number of halogens is 1. The maximum absolute atomic E-state index is 10.4. The first kappa shape index (κ1) is 14.0. The number of aliphatic carboxylic acids is 1. The van der Waals surface area contributed by atoms with E-state index in [1.807, 2.05) is 24.3 Å². The van der Waals surface area contributed by atoms with E-state index >= 15 is 0 Å². The molecule has 1 heterocycles. The van der Waals surface area contributed by atoms with Crippen LogP contribution in [0, 0.1) is 3.57 Å². The van der Waals surface area contributed by atoms with Gasteiger partial charge in [0.2, 0.25) is 11.8 Å². The van der Waals surface area contributed by atoms with Gasteiger partial charge in [-0.25, -0.2) is 0 Å². The zero-order valence-electron chi connectivity index (χ0n) is 10.2. The molecule has 0 aliphatic carbocycles. The molecule has 100 valence electrons. The molecule has 0 saturated carbocycles. The fourth-order valence-electron chi connectivity index (χ4n) is 1.65. The van der Waals surface area contributed by atoms with Gasteiger partial charge in [-0.05, 0) is 53.6 Å². The number of rotatable bonds is 6. The minimum absolute atomic E-state index is 0.178. The Morgan fingerprint density at radius 2 is 2.16 bits per heavy atom. The van der Waals surface area contributed by atoms with Crippen molar-refractivity contribution in [2.24, 2.45) is 0 Å². The lowest BCUT2D eigenvalue weighted by atomic mass is 10.2. The van der Waals surface area contributed by atoms with Crippen LogP contribution in [0.1, 0.15) is 25.2 Å². The predicted octanol–water partition coefficient (Wildman–Crippen LogP) is 3.14. The van der Waals surface area contributed by atoms with Crippen LogP contribution < -0.4 is 0 Å². The molecule has 1 aromatic heterocycles. The maximum Gasteiger partial charge on any atom is 0.303 e. The number of carbonyl (C=O) groups is 1. The highest BCUT2D eigenvalue weighted by molar-refractivity contribution is 14.1. The van der Waals surface area contributed by atoms with Gasteiger partial charge in [0.1, 0.15) is 0 Å². The summed E-state index contributed by atoms with van der Waals surface area (Å²) in [5.41, 5.74) is 0.899. The summed E-state index contributed by atoms with van der Waals surface area (Å²) in [6, 6.07) is 7.83. The average Bonchev–Trinajstić information content (AvgIpc) is 2.83. The molecule has 0 bridgehead atoms. The summed E-state index contributed by atoms with van der Waals surface area (Å²) in [4.78, 5) is 10.4. The van der Waals surface area contributed by atoms with Crippen molar-refractivity contribution in [3.8, 4) is 11.5 Å². The molecule has 6 heteroatoms. The van der Waals surface area contributed by atoms with Crippen molar-refractivity contribution in [1.29, 1.82) is 0 Å². The summed E-state index contributed by atoms with van der Waals surface area (Å²) in [5.74, 6) is 0.288. The Bertz CT molecular complexity index is 569. The van der Waals surface area contributed by atoms with Crippen molar-refractivity contribution in [2.45, 2.75) is 25.7 Å². The van der Waals surface area contributed by atoms with Crippen molar-refractivity contribution in [1.82, 2.24) is 10.2 Å². The van der Waals surface area contributed by atoms with E-state index in [0.29, 0.717) is 24.6 Å². The molecule has 0 spiro atoms. The number of unbranched alkanes of at least 4 members (excludes halogenated alkanes) is 1. The Hall–Kier alpha value is -1.44. The van der Waals surface area contributed by atoms with E-state index in [1.54, 1.807) is 0 Å². The van der Waals surface area contributed by atoms with Crippen LogP contribution in [0.25, 0.3) is 11.5 Å². The average molecular weight is 372 g/mol. The Kier molecular flexibility index (Phi) is 4.89. The molecule has 19 heavy (non-hydrogen) atoms. The van der Waals surface area contributed by atoms with Crippen molar-refractivity contribution in [2.75, 3.05) is 0 Å². The number of aromatic nitrogens is 2. The van der Waals surface area contributed by atoms with Gasteiger partial charge in [-0.1, -0.05) is 6.07 Å². The van der Waals surface area contributed by atoms with Crippen LogP contribution in [0.4, 0.5) is 0 Å².